The zero-order chi connectivity index (χ0) is 22.9. The highest BCUT2D eigenvalue weighted by molar-refractivity contribution is 7.94. The van der Waals surface area contributed by atoms with Gasteiger partial charge in [0.05, 0.1) is 34.5 Å². The summed E-state index contributed by atoms with van der Waals surface area (Å²) in [6, 6.07) is 23.1. The van der Waals surface area contributed by atoms with Crippen LogP contribution < -0.4 is 9.21 Å². The first-order valence-electron chi connectivity index (χ1n) is 10.0. The molecule has 0 unspecified atom stereocenters. The summed E-state index contributed by atoms with van der Waals surface area (Å²) in [7, 11) is -3.76. The van der Waals surface area contributed by atoms with Crippen LogP contribution in [-0.2, 0) is 21.4 Å². The summed E-state index contributed by atoms with van der Waals surface area (Å²) in [6.45, 7) is 1.90. The normalized spacial score (nSPS) is 17.4. The van der Waals surface area contributed by atoms with Crippen molar-refractivity contribution in [3.63, 3.8) is 0 Å². The van der Waals surface area contributed by atoms with Crippen LogP contribution in [0.5, 0.6) is 0 Å². The van der Waals surface area contributed by atoms with E-state index in [1.165, 1.54) is 18.2 Å². The maximum Gasteiger partial charge on any atom is 0.260 e. The molecule has 32 heavy (non-hydrogen) atoms. The number of hydrogen-bond donors (Lipinski definition) is 0. The highest BCUT2D eigenvalue weighted by Gasteiger charge is 2.42. The van der Waals surface area contributed by atoms with E-state index in [1.807, 2.05) is 60.7 Å². The van der Waals surface area contributed by atoms with Crippen molar-refractivity contribution in [3.8, 4) is 0 Å². The molecule has 1 saturated heterocycles. The van der Waals surface area contributed by atoms with Crippen LogP contribution in [-0.4, -0.2) is 26.0 Å². The number of para-hydroxylation sites is 1. The van der Waals surface area contributed by atoms with Gasteiger partial charge in [-0.2, -0.15) is 0 Å². The number of rotatable bonds is 5. The zero-order valence-electron chi connectivity index (χ0n) is 17.3. The minimum Gasteiger partial charge on any atom is -0.304 e. The maximum absolute atomic E-state index is 13.5. The molecule has 1 atom stereocenters. The van der Waals surface area contributed by atoms with E-state index in [4.69, 9.17) is 11.6 Å². The topological polar surface area (TPSA) is 74.8 Å². The molecule has 0 saturated carbocycles. The average Bonchev–Trinajstić information content (AvgIpc) is 2.99. The summed E-state index contributed by atoms with van der Waals surface area (Å²) in [5.41, 5.74) is 2.00. The van der Waals surface area contributed by atoms with Gasteiger partial charge in [-0.05, 0) is 35.9 Å². The van der Waals surface area contributed by atoms with Crippen molar-refractivity contribution in [2.24, 2.45) is 5.92 Å². The Morgan fingerprint density at radius 2 is 1.66 bits per heavy atom. The smallest absolute Gasteiger partial charge is 0.260 e. The Morgan fingerprint density at radius 1 is 1.03 bits per heavy atom. The number of carbonyl (C=O) groups is 2. The first-order valence-corrected chi connectivity index (χ1v) is 12.0. The molecule has 8 heteroatoms. The van der Waals surface area contributed by atoms with Gasteiger partial charge >= 0.3 is 0 Å². The van der Waals surface area contributed by atoms with Crippen LogP contribution in [0.4, 0.5) is 11.4 Å². The zero-order valence-corrected chi connectivity index (χ0v) is 18.9. The molecule has 1 fully saturated rings. The van der Waals surface area contributed by atoms with E-state index in [0.29, 0.717) is 12.2 Å². The molecule has 0 aliphatic carbocycles. The number of benzene rings is 3. The first kappa shape index (κ1) is 22.0. The average molecular weight is 469 g/mol. The van der Waals surface area contributed by atoms with Gasteiger partial charge in [0.1, 0.15) is 0 Å². The van der Waals surface area contributed by atoms with Crippen molar-refractivity contribution in [1.82, 2.24) is 0 Å². The molecule has 3 aromatic carbocycles. The van der Waals surface area contributed by atoms with Gasteiger partial charge in [0, 0.05) is 5.69 Å². The minimum absolute atomic E-state index is 0.0732. The summed E-state index contributed by atoms with van der Waals surface area (Å²) in [5, 5.41) is 0.0732. The molecule has 164 valence electrons. The van der Waals surface area contributed by atoms with Crippen molar-refractivity contribution >= 4 is 44.8 Å². The van der Waals surface area contributed by atoms with Crippen LogP contribution in [0.3, 0.4) is 0 Å². The van der Waals surface area contributed by atoms with Gasteiger partial charge in [-0.15, -0.1) is 0 Å². The number of hydrogen-bond acceptors (Lipinski definition) is 4. The molecule has 0 bridgehead atoms. The van der Waals surface area contributed by atoms with E-state index in [-0.39, 0.29) is 27.9 Å². The van der Waals surface area contributed by atoms with E-state index >= 15 is 0 Å². The fourth-order valence-corrected chi connectivity index (χ4v) is 5.76. The summed E-state index contributed by atoms with van der Waals surface area (Å²) >= 11 is 6.43. The molecule has 0 spiro atoms. The van der Waals surface area contributed by atoms with E-state index in [0.717, 1.165) is 9.87 Å². The fraction of sp³-hybridized carbons (Fsp3) is 0.167. The van der Waals surface area contributed by atoms with Crippen LogP contribution >= 0.6 is 11.6 Å². The van der Waals surface area contributed by atoms with Crippen molar-refractivity contribution in [2.75, 3.05) is 15.0 Å². The van der Waals surface area contributed by atoms with Gasteiger partial charge in [0.2, 0.25) is 15.9 Å². The summed E-state index contributed by atoms with van der Waals surface area (Å²) < 4.78 is 25.6. The highest BCUT2D eigenvalue weighted by Crippen LogP contribution is 2.32. The third-order valence-corrected chi connectivity index (χ3v) is 7.46. The Balaban J connectivity index is 1.69. The van der Waals surface area contributed by atoms with Crippen molar-refractivity contribution in [3.05, 3.63) is 95.0 Å². The van der Waals surface area contributed by atoms with Crippen LogP contribution in [0.2, 0.25) is 5.02 Å². The van der Waals surface area contributed by atoms with Crippen LogP contribution in [0, 0.1) is 5.92 Å². The molecule has 4 rings (SSSR count). The molecule has 1 aliphatic rings. The predicted molar refractivity (Wildman–Crippen MR) is 125 cm³/mol. The number of halogens is 1. The summed E-state index contributed by atoms with van der Waals surface area (Å²) in [4.78, 5) is 27.5. The molecule has 0 N–H and O–H groups in total. The molecule has 0 aromatic heterocycles. The third-order valence-electron chi connectivity index (χ3n) is 5.27. The van der Waals surface area contributed by atoms with Crippen LogP contribution in [0.25, 0.3) is 0 Å². The number of amides is 2. The Labute approximate surface area is 192 Å². The van der Waals surface area contributed by atoms with Crippen LogP contribution in [0.15, 0.2) is 78.9 Å². The monoisotopic (exact) mass is 468 g/mol. The van der Waals surface area contributed by atoms with Crippen molar-refractivity contribution < 1.29 is 18.0 Å². The molecule has 1 heterocycles. The van der Waals surface area contributed by atoms with Crippen molar-refractivity contribution in [2.45, 2.75) is 13.5 Å². The van der Waals surface area contributed by atoms with Gasteiger partial charge in [0.25, 0.3) is 5.91 Å². The molecular formula is C24H21ClN2O4S. The standard InChI is InChI=1S/C24H21ClN2O4S/c1-17-16-32(30,31)27(23(17)28)20-12-13-21(22(25)14-20)24(29)26(19-10-6-3-7-11-19)15-18-8-4-2-5-9-18/h2-14,17H,15-16H2,1H3/t17-/m1/s1. The Kier molecular flexibility index (Phi) is 6.04. The molecule has 1 aliphatic heterocycles. The van der Waals surface area contributed by atoms with E-state index in [1.54, 1.807) is 11.8 Å². The maximum atomic E-state index is 13.5. The van der Waals surface area contributed by atoms with E-state index < -0.39 is 21.8 Å². The van der Waals surface area contributed by atoms with Crippen LogP contribution in [0.1, 0.15) is 22.8 Å². The number of carbonyl (C=O) groups excluding carboxylic acids is 2. The Morgan fingerprint density at radius 3 is 2.22 bits per heavy atom. The molecule has 3 aromatic rings. The SMILES string of the molecule is C[C@@H]1CS(=O)(=O)N(c2ccc(C(=O)N(Cc3ccccc3)c3ccccc3)c(Cl)c2)C1=O. The Bertz CT molecular complexity index is 1260. The number of anilines is 2. The lowest BCUT2D eigenvalue weighted by Gasteiger charge is -2.24. The van der Waals surface area contributed by atoms with Gasteiger partial charge < -0.3 is 4.90 Å². The lowest BCUT2D eigenvalue weighted by molar-refractivity contribution is -0.119. The van der Waals surface area contributed by atoms with Gasteiger partial charge in [0.15, 0.2) is 0 Å². The summed E-state index contributed by atoms with van der Waals surface area (Å²) in [5.74, 6) is -1.71. The molecule has 6 nitrogen and oxygen atoms in total. The lowest BCUT2D eigenvalue weighted by atomic mass is 10.1. The van der Waals surface area contributed by atoms with Crippen molar-refractivity contribution in [1.29, 1.82) is 0 Å². The molecule has 2 amide bonds. The minimum atomic E-state index is -3.76. The van der Waals surface area contributed by atoms with Gasteiger partial charge in [-0.3, -0.25) is 9.59 Å². The molecule has 0 radical (unpaired) electrons. The lowest BCUT2D eigenvalue weighted by Crippen LogP contribution is -2.32. The third kappa shape index (κ3) is 4.26. The quantitative estimate of drug-likeness (QED) is 0.552. The van der Waals surface area contributed by atoms with Gasteiger partial charge in [-0.25, -0.2) is 12.7 Å². The highest BCUT2D eigenvalue weighted by atomic mass is 35.5. The second-order valence-corrected chi connectivity index (χ2v) is 9.93. The fourth-order valence-electron chi connectivity index (χ4n) is 3.69. The summed E-state index contributed by atoms with van der Waals surface area (Å²) in [6.07, 6.45) is 0. The van der Waals surface area contributed by atoms with E-state index in [2.05, 4.69) is 0 Å². The van der Waals surface area contributed by atoms with Gasteiger partial charge in [-0.1, -0.05) is 67.1 Å². The second-order valence-electron chi connectivity index (χ2n) is 7.66. The largest absolute Gasteiger partial charge is 0.304 e. The Hall–Kier alpha value is -3.16. The first-order chi connectivity index (χ1) is 15.3. The predicted octanol–water partition coefficient (Wildman–Crippen LogP) is 4.50. The molecular weight excluding hydrogens is 448 g/mol. The number of sulfonamides is 1. The number of nitrogens with zero attached hydrogens (tertiary/aromatic N) is 2. The van der Waals surface area contributed by atoms with E-state index in [9.17, 15) is 18.0 Å². The second kappa shape index (κ2) is 8.76.